The number of hydrogen-bond acceptors (Lipinski definition) is 4. The highest BCUT2D eigenvalue weighted by Crippen LogP contribution is 2.66. The summed E-state index contributed by atoms with van der Waals surface area (Å²) in [7, 11) is 0. The summed E-state index contributed by atoms with van der Waals surface area (Å²) in [6, 6.07) is 0. The molecule has 2 N–H and O–H groups in total. The first kappa shape index (κ1) is 25.2. The van der Waals surface area contributed by atoms with E-state index in [0.29, 0.717) is 5.92 Å². The maximum Gasteiger partial charge on any atom is 0.0888 e. The number of aliphatic hydroxyl groups is 2. The van der Waals surface area contributed by atoms with E-state index in [1.807, 2.05) is 0 Å². The van der Waals surface area contributed by atoms with Gasteiger partial charge in [0.1, 0.15) is 0 Å². The Kier molecular flexibility index (Phi) is 5.97. The first-order valence-corrected chi connectivity index (χ1v) is 14.1. The molecule has 0 amide bonds. The topological polar surface area (TPSA) is 58.9 Å². The third-order valence-electron chi connectivity index (χ3n) is 11.6. The van der Waals surface area contributed by atoms with E-state index in [-0.39, 0.29) is 40.7 Å². The first-order valence-electron chi connectivity index (χ1n) is 14.1. The Morgan fingerprint density at radius 3 is 1.97 bits per heavy atom. The molecule has 3 aliphatic carbocycles. The summed E-state index contributed by atoms with van der Waals surface area (Å²) >= 11 is 0. The van der Waals surface area contributed by atoms with Crippen LogP contribution < -0.4 is 0 Å². The maximum atomic E-state index is 10.8. The Hall–Kier alpha value is -0.420. The SMILES string of the molecule is CC12CCC(O)C(C)(C)OC1CCC(=C1CCC3C1(C)CCC1OC(C)(C)C(O)CCC13C)C2. The maximum absolute atomic E-state index is 10.8. The molecule has 0 aromatic rings. The molecule has 5 rings (SSSR count). The van der Waals surface area contributed by atoms with E-state index in [1.54, 1.807) is 11.1 Å². The standard InChI is InChI=1S/C30H50O4/c1-26(2)22(31)12-15-28(5)18-19(8-11-24(28)33-26)20-9-10-21-29(20,6)17-14-25-30(21,7)16-13-23(32)27(3,4)34-25/h21-25,31-32H,8-18H2,1-7H3. The van der Waals surface area contributed by atoms with Crippen LogP contribution >= 0.6 is 0 Å². The fourth-order valence-corrected chi connectivity index (χ4v) is 9.13. The van der Waals surface area contributed by atoms with E-state index in [9.17, 15) is 10.2 Å². The molecule has 2 aliphatic heterocycles. The average Bonchev–Trinajstić information content (AvgIpc) is 3.04. The van der Waals surface area contributed by atoms with E-state index in [0.717, 1.165) is 51.4 Å². The van der Waals surface area contributed by atoms with Gasteiger partial charge in [-0.1, -0.05) is 31.9 Å². The van der Waals surface area contributed by atoms with Crippen LogP contribution in [0.5, 0.6) is 0 Å². The smallest absolute Gasteiger partial charge is 0.0888 e. The number of ether oxygens (including phenoxy) is 2. The molecule has 4 heteroatoms. The number of rotatable bonds is 0. The van der Waals surface area contributed by atoms with Gasteiger partial charge >= 0.3 is 0 Å². The van der Waals surface area contributed by atoms with Crippen molar-refractivity contribution in [3.8, 4) is 0 Å². The van der Waals surface area contributed by atoms with Gasteiger partial charge in [0.2, 0.25) is 0 Å². The number of aliphatic hydroxyl groups excluding tert-OH is 2. The molecule has 8 atom stereocenters. The van der Waals surface area contributed by atoms with Crippen molar-refractivity contribution in [2.45, 2.75) is 155 Å². The van der Waals surface area contributed by atoms with Crippen molar-refractivity contribution in [2.24, 2.45) is 22.2 Å². The molecule has 5 aliphatic rings. The summed E-state index contributed by atoms with van der Waals surface area (Å²) in [5.74, 6) is 0.624. The third kappa shape index (κ3) is 3.76. The van der Waals surface area contributed by atoms with Crippen LogP contribution in [-0.2, 0) is 9.47 Å². The van der Waals surface area contributed by atoms with Crippen LogP contribution in [0.3, 0.4) is 0 Å². The molecule has 4 nitrogen and oxygen atoms in total. The molecular weight excluding hydrogens is 424 g/mol. The minimum Gasteiger partial charge on any atom is -0.390 e. The lowest BCUT2D eigenvalue weighted by atomic mass is 9.53. The van der Waals surface area contributed by atoms with Gasteiger partial charge in [-0.25, -0.2) is 0 Å². The zero-order valence-electron chi connectivity index (χ0n) is 22.9. The van der Waals surface area contributed by atoms with Gasteiger partial charge in [0, 0.05) is 0 Å². The van der Waals surface area contributed by atoms with E-state index in [4.69, 9.17) is 9.47 Å². The molecule has 2 saturated heterocycles. The predicted molar refractivity (Wildman–Crippen MR) is 136 cm³/mol. The number of fused-ring (bicyclic) bond motifs is 4. The first-order chi connectivity index (χ1) is 15.7. The number of hydrogen-bond donors (Lipinski definition) is 2. The average molecular weight is 475 g/mol. The Morgan fingerprint density at radius 1 is 0.676 bits per heavy atom. The van der Waals surface area contributed by atoms with Crippen LogP contribution in [0.25, 0.3) is 0 Å². The fourth-order valence-electron chi connectivity index (χ4n) is 9.13. The minimum atomic E-state index is -0.457. The molecule has 5 fully saturated rings. The highest BCUT2D eigenvalue weighted by atomic mass is 16.5. The molecule has 0 bridgehead atoms. The lowest BCUT2D eigenvalue weighted by Crippen LogP contribution is -2.52. The van der Waals surface area contributed by atoms with Crippen LogP contribution in [0, 0.1) is 22.2 Å². The van der Waals surface area contributed by atoms with Crippen molar-refractivity contribution in [1.82, 2.24) is 0 Å². The third-order valence-corrected chi connectivity index (χ3v) is 11.6. The van der Waals surface area contributed by atoms with Crippen molar-refractivity contribution in [2.75, 3.05) is 0 Å². The van der Waals surface area contributed by atoms with Gasteiger partial charge in [0.05, 0.1) is 35.6 Å². The van der Waals surface area contributed by atoms with Crippen LogP contribution in [0.1, 0.15) is 119 Å². The predicted octanol–water partition coefficient (Wildman–Crippen LogP) is 6.33. The second kappa shape index (κ2) is 8.04. The minimum absolute atomic E-state index is 0.116. The van der Waals surface area contributed by atoms with E-state index >= 15 is 0 Å². The molecule has 8 unspecified atom stereocenters. The molecule has 0 aromatic heterocycles. The van der Waals surface area contributed by atoms with Crippen LogP contribution in [0.2, 0.25) is 0 Å². The summed E-state index contributed by atoms with van der Waals surface area (Å²) in [4.78, 5) is 0. The Morgan fingerprint density at radius 2 is 1.29 bits per heavy atom. The Balaban J connectivity index is 1.44. The molecule has 2 heterocycles. The Labute approximate surface area is 207 Å². The van der Waals surface area contributed by atoms with E-state index in [1.165, 1.54) is 19.3 Å². The van der Waals surface area contributed by atoms with Crippen LogP contribution in [0.4, 0.5) is 0 Å². The Bertz CT molecular complexity index is 845. The lowest BCUT2D eigenvalue weighted by Gasteiger charge is -2.54. The van der Waals surface area contributed by atoms with Gasteiger partial charge in [0.15, 0.2) is 0 Å². The molecular formula is C30H50O4. The van der Waals surface area contributed by atoms with Gasteiger partial charge < -0.3 is 19.7 Å². The molecule has 34 heavy (non-hydrogen) atoms. The molecule has 0 spiro atoms. The number of allylic oxidation sites excluding steroid dienone is 2. The van der Waals surface area contributed by atoms with E-state index < -0.39 is 11.2 Å². The monoisotopic (exact) mass is 474 g/mol. The molecule has 3 saturated carbocycles. The summed E-state index contributed by atoms with van der Waals surface area (Å²) in [5.41, 5.74) is 3.04. The normalized spacial score (nSPS) is 52.7. The van der Waals surface area contributed by atoms with Gasteiger partial charge in [-0.3, -0.25) is 0 Å². The van der Waals surface area contributed by atoms with Gasteiger partial charge in [-0.05, 0) is 120 Å². The van der Waals surface area contributed by atoms with Crippen molar-refractivity contribution in [3.63, 3.8) is 0 Å². The summed E-state index contributed by atoms with van der Waals surface area (Å²) in [6.07, 6.45) is 11.6. The van der Waals surface area contributed by atoms with Crippen molar-refractivity contribution in [1.29, 1.82) is 0 Å². The highest BCUT2D eigenvalue weighted by molar-refractivity contribution is 5.32. The zero-order chi connectivity index (χ0) is 24.7. The largest absolute Gasteiger partial charge is 0.390 e. The second-order valence-corrected chi connectivity index (χ2v) is 14.5. The van der Waals surface area contributed by atoms with Crippen molar-refractivity contribution >= 4 is 0 Å². The quantitative estimate of drug-likeness (QED) is 0.403. The molecule has 194 valence electrons. The summed E-state index contributed by atoms with van der Waals surface area (Å²) < 4.78 is 13.3. The zero-order valence-corrected chi connectivity index (χ0v) is 22.9. The van der Waals surface area contributed by atoms with Crippen molar-refractivity contribution in [3.05, 3.63) is 11.1 Å². The summed E-state index contributed by atoms with van der Waals surface area (Å²) in [6.45, 7) is 15.7. The molecule has 0 radical (unpaired) electrons. The second-order valence-electron chi connectivity index (χ2n) is 14.5. The molecule has 0 aromatic carbocycles. The lowest BCUT2D eigenvalue weighted by molar-refractivity contribution is -0.181. The highest BCUT2D eigenvalue weighted by Gasteiger charge is 2.60. The van der Waals surface area contributed by atoms with E-state index in [2.05, 4.69) is 48.5 Å². The fraction of sp³-hybridized carbons (Fsp3) is 0.933. The van der Waals surface area contributed by atoms with Gasteiger partial charge in [-0.2, -0.15) is 0 Å². The van der Waals surface area contributed by atoms with Crippen LogP contribution in [0.15, 0.2) is 11.1 Å². The van der Waals surface area contributed by atoms with Crippen LogP contribution in [-0.4, -0.2) is 45.8 Å². The van der Waals surface area contributed by atoms with Gasteiger partial charge in [0.25, 0.3) is 0 Å². The summed E-state index contributed by atoms with van der Waals surface area (Å²) in [5, 5.41) is 21.5. The van der Waals surface area contributed by atoms with Gasteiger partial charge in [-0.15, -0.1) is 0 Å². The van der Waals surface area contributed by atoms with Crippen molar-refractivity contribution < 1.29 is 19.7 Å².